The van der Waals surface area contributed by atoms with Crippen molar-refractivity contribution < 1.29 is 4.79 Å². The van der Waals surface area contributed by atoms with Crippen molar-refractivity contribution in [3.05, 3.63) is 81.5 Å². The lowest BCUT2D eigenvalue weighted by Crippen LogP contribution is -2.22. The van der Waals surface area contributed by atoms with Gasteiger partial charge < -0.3 is 5.32 Å². The smallest absolute Gasteiger partial charge is 0.253 e. The first-order valence-corrected chi connectivity index (χ1v) is 8.13. The van der Waals surface area contributed by atoms with Gasteiger partial charge in [0.2, 0.25) is 0 Å². The number of benzene rings is 2. The van der Waals surface area contributed by atoms with Crippen LogP contribution in [0.3, 0.4) is 0 Å². The molecule has 1 N–H and O–H groups in total. The van der Waals surface area contributed by atoms with Crippen molar-refractivity contribution in [2.24, 2.45) is 0 Å². The highest BCUT2D eigenvalue weighted by molar-refractivity contribution is 9.10. The van der Waals surface area contributed by atoms with Crippen LogP contribution in [0.2, 0.25) is 5.02 Å². The summed E-state index contributed by atoms with van der Waals surface area (Å²) in [5, 5.41) is 7.57. The number of aromatic nitrogens is 2. The maximum Gasteiger partial charge on any atom is 0.253 e. The molecular formula is C17H13BrClN3O. The number of para-hydroxylation sites is 1. The summed E-state index contributed by atoms with van der Waals surface area (Å²) >= 11 is 9.40. The van der Waals surface area contributed by atoms with Gasteiger partial charge >= 0.3 is 0 Å². The molecule has 0 aliphatic carbocycles. The Morgan fingerprint density at radius 3 is 2.78 bits per heavy atom. The summed E-state index contributed by atoms with van der Waals surface area (Å²) in [5.74, 6) is -0.219. The Kier molecular flexibility index (Phi) is 4.79. The largest absolute Gasteiger partial charge is 0.348 e. The fourth-order valence-corrected chi connectivity index (χ4v) is 2.69. The first kappa shape index (κ1) is 15.8. The number of hydrogen-bond acceptors (Lipinski definition) is 2. The highest BCUT2D eigenvalue weighted by atomic mass is 79.9. The third-order valence-corrected chi connectivity index (χ3v) is 4.11. The van der Waals surface area contributed by atoms with Crippen LogP contribution in [0.4, 0.5) is 0 Å². The number of carbonyl (C=O) groups excluding carboxylic acids is 1. The van der Waals surface area contributed by atoms with Crippen molar-refractivity contribution in [2.75, 3.05) is 0 Å². The maximum absolute atomic E-state index is 12.2. The van der Waals surface area contributed by atoms with Crippen LogP contribution in [0.15, 0.2) is 65.4 Å². The summed E-state index contributed by atoms with van der Waals surface area (Å²) in [6.45, 7) is 0.383. The van der Waals surface area contributed by atoms with Crippen molar-refractivity contribution in [3.63, 3.8) is 0 Å². The Balaban J connectivity index is 1.68. The molecule has 4 nitrogen and oxygen atoms in total. The predicted octanol–water partition coefficient (Wildman–Crippen LogP) is 4.22. The highest BCUT2D eigenvalue weighted by Gasteiger charge is 2.11. The Morgan fingerprint density at radius 1 is 1.22 bits per heavy atom. The summed E-state index contributed by atoms with van der Waals surface area (Å²) in [6, 6.07) is 15.0. The molecule has 3 aromatic rings. The Morgan fingerprint density at radius 2 is 2.00 bits per heavy atom. The van der Waals surface area contributed by atoms with Gasteiger partial charge in [-0.2, -0.15) is 5.10 Å². The van der Waals surface area contributed by atoms with Crippen molar-refractivity contribution in [3.8, 4) is 5.69 Å². The second kappa shape index (κ2) is 6.98. The van der Waals surface area contributed by atoms with Gasteiger partial charge in [-0.3, -0.25) is 4.79 Å². The SMILES string of the molecule is O=C(NCc1cnn(-c2ccccc2)c1)c1cc(Br)ccc1Cl. The number of rotatable bonds is 4. The lowest BCUT2D eigenvalue weighted by molar-refractivity contribution is 0.0951. The average molecular weight is 391 g/mol. The van der Waals surface area contributed by atoms with E-state index in [1.807, 2.05) is 36.5 Å². The summed E-state index contributed by atoms with van der Waals surface area (Å²) in [7, 11) is 0. The van der Waals surface area contributed by atoms with Crippen LogP contribution in [0.1, 0.15) is 15.9 Å². The number of carbonyl (C=O) groups is 1. The Hall–Kier alpha value is -2.11. The van der Waals surface area contributed by atoms with Crippen LogP contribution in [0, 0.1) is 0 Å². The topological polar surface area (TPSA) is 46.9 Å². The minimum absolute atomic E-state index is 0.219. The molecule has 0 spiro atoms. The third-order valence-electron chi connectivity index (χ3n) is 3.28. The normalized spacial score (nSPS) is 10.5. The van der Waals surface area contributed by atoms with Gasteiger partial charge in [-0.25, -0.2) is 4.68 Å². The molecule has 0 atom stereocenters. The van der Waals surface area contributed by atoms with E-state index in [4.69, 9.17) is 11.6 Å². The van der Waals surface area contributed by atoms with Gasteiger partial charge in [-0.1, -0.05) is 45.7 Å². The van der Waals surface area contributed by atoms with Gasteiger partial charge in [-0.05, 0) is 30.3 Å². The fourth-order valence-electron chi connectivity index (χ4n) is 2.12. The van der Waals surface area contributed by atoms with Crippen LogP contribution in [0.5, 0.6) is 0 Å². The molecule has 0 bridgehead atoms. The maximum atomic E-state index is 12.2. The zero-order chi connectivity index (χ0) is 16.2. The van der Waals surface area contributed by atoms with E-state index < -0.39 is 0 Å². The number of hydrogen-bond donors (Lipinski definition) is 1. The second-order valence-electron chi connectivity index (χ2n) is 4.94. The van der Waals surface area contributed by atoms with E-state index in [0.717, 1.165) is 15.7 Å². The van der Waals surface area contributed by atoms with Crippen LogP contribution in [0.25, 0.3) is 5.69 Å². The van der Waals surface area contributed by atoms with Gasteiger partial charge in [0.05, 0.1) is 22.5 Å². The van der Waals surface area contributed by atoms with Crippen LogP contribution < -0.4 is 5.32 Å². The average Bonchev–Trinajstić information content (AvgIpc) is 3.05. The quantitative estimate of drug-likeness (QED) is 0.725. The predicted molar refractivity (Wildman–Crippen MR) is 93.9 cm³/mol. The van der Waals surface area contributed by atoms with Crippen molar-refractivity contribution >= 4 is 33.4 Å². The molecule has 0 radical (unpaired) electrons. The molecule has 3 rings (SSSR count). The number of halogens is 2. The summed E-state index contributed by atoms with van der Waals surface area (Å²) < 4.78 is 2.58. The van der Waals surface area contributed by atoms with E-state index in [1.54, 1.807) is 29.1 Å². The van der Waals surface area contributed by atoms with Gasteiger partial charge in [0.1, 0.15) is 0 Å². The minimum atomic E-state index is -0.219. The second-order valence-corrected chi connectivity index (χ2v) is 6.26. The van der Waals surface area contributed by atoms with Gasteiger partial charge in [-0.15, -0.1) is 0 Å². The zero-order valence-electron chi connectivity index (χ0n) is 12.0. The monoisotopic (exact) mass is 389 g/mol. The van der Waals surface area contributed by atoms with Gasteiger partial charge in [0.15, 0.2) is 0 Å². The molecule has 1 amide bonds. The first-order valence-electron chi connectivity index (χ1n) is 6.96. The molecule has 0 aliphatic heterocycles. The van der Waals surface area contributed by atoms with Crippen molar-refractivity contribution in [2.45, 2.75) is 6.54 Å². The van der Waals surface area contributed by atoms with Crippen molar-refractivity contribution in [1.82, 2.24) is 15.1 Å². The number of nitrogens with one attached hydrogen (secondary N) is 1. The molecule has 1 aromatic heterocycles. The number of nitrogens with zero attached hydrogens (tertiary/aromatic N) is 2. The summed E-state index contributed by atoms with van der Waals surface area (Å²) in [5.41, 5.74) is 2.32. The number of amides is 1. The Bertz CT molecular complexity index is 833. The van der Waals surface area contributed by atoms with Crippen LogP contribution >= 0.6 is 27.5 Å². The van der Waals surface area contributed by atoms with Crippen LogP contribution in [-0.4, -0.2) is 15.7 Å². The lowest BCUT2D eigenvalue weighted by Gasteiger charge is -2.06. The lowest BCUT2D eigenvalue weighted by atomic mass is 10.2. The molecule has 2 aromatic carbocycles. The molecule has 116 valence electrons. The van der Waals surface area contributed by atoms with E-state index in [2.05, 4.69) is 26.3 Å². The summed E-state index contributed by atoms with van der Waals surface area (Å²) in [6.07, 6.45) is 3.62. The molecule has 6 heteroatoms. The standard InChI is InChI=1S/C17H13BrClN3O/c18-13-6-7-16(19)15(8-13)17(23)20-9-12-10-21-22(11-12)14-4-2-1-3-5-14/h1-8,10-11H,9H2,(H,20,23). The summed E-state index contributed by atoms with van der Waals surface area (Å²) in [4.78, 5) is 12.2. The molecule has 1 heterocycles. The molecule has 0 aliphatic rings. The van der Waals surface area contributed by atoms with Crippen LogP contribution in [-0.2, 0) is 6.54 Å². The molecule has 0 fully saturated rings. The zero-order valence-corrected chi connectivity index (χ0v) is 14.4. The first-order chi connectivity index (χ1) is 11.1. The van der Waals surface area contributed by atoms with E-state index >= 15 is 0 Å². The third kappa shape index (κ3) is 3.81. The highest BCUT2D eigenvalue weighted by Crippen LogP contribution is 2.21. The van der Waals surface area contributed by atoms with E-state index in [9.17, 15) is 4.79 Å². The van der Waals surface area contributed by atoms with Crippen molar-refractivity contribution in [1.29, 1.82) is 0 Å². The molecule has 0 unspecified atom stereocenters. The molecule has 0 saturated carbocycles. The van der Waals surface area contributed by atoms with Gasteiger partial charge in [0, 0.05) is 22.8 Å². The van der Waals surface area contributed by atoms with E-state index in [1.165, 1.54) is 0 Å². The molecular weight excluding hydrogens is 378 g/mol. The van der Waals surface area contributed by atoms with Gasteiger partial charge in [0.25, 0.3) is 5.91 Å². The minimum Gasteiger partial charge on any atom is -0.348 e. The Labute approximate surface area is 147 Å². The molecule has 0 saturated heterocycles. The molecule has 23 heavy (non-hydrogen) atoms. The fraction of sp³-hybridized carbons (Fsp3) is 0.0588. The van der Waals surface area contributed by atoms with E-state index in [-0.39, 0.29) is 5.91 Å². The van der Waals surface area contributed by atoms with E-state index in [0.29, 0.717) is 17.1 Å².